The molecule has 0 fully saturated rings. The highest BCUT2D eigenvalue weighted by Crippen LogP contribution is 2.44. The van der Waals surface area contributed by atoms with Gasteiger partial charge in [0.1, 0.15) is 0 Å². The van der Waals surface area contributed by atoms with Crippen molar-refractivity contribution in [2.75, 3.05) is 27.4 Å². The van der Waals surface area contributed by atoms with Gasteiger partial charge in [0.2, 0.25) is 0 Å². The Morgan fingerprint density at radius 2 is 0.947 bits per heavy atom. The average Bonchev–Trinajstić information content (AvgIpc) is 2.92. The fourth-order valence-corrected chi connectivity index (χ4v) is 4.86. The molecule has 0 atom stereocenters. The molecule has 184 valence electrons. The lowest BCUT2D eigenvalue weighted by Crippen LogP contribution is -2.04. The Hall–Kier alpha value is -5.36. The molecule has 0 spiro atoms. The first-order valence-corrected chi connectivity index (χ1v) is 12.4. The fourth-order valence-electron chi connectivity index (χ4n) is 4.86. The van der Waals surface area contributed by atoms with Crippen molar-refractivity contribution in [1.82, 2.24) is 0 Å². The molecule has 0 saturated carbocycles. The lowest BCUT2D eigenvalue weighted by Gasteiger charge is -2.23. The predicted molar refractivity (Wildman–Crippen MR) is 160 cm³/mol. The van der Waals surface area contributed by atoms with Crippen LogP contribution in [0.15, 0.2) is 109 Å². The van der Waals surface area contributed by atoms with Gasteiger partial charge in [0.15, 0.2) is 11.5 Å². The topological polar surface area (TPSA) is 97.4 Å². The summed E-state index contributed by atoms with van der Waals surface area (Å²) in [5.41, 5.74) is 19.1. The third kappa shape index (κ3) is 4.14. The van der Waals surface area contributed by atoms with E-state index in [9.17, 15) is 0 Å². The van der Waals surface area contributed by atoms with Crippen LogP contribution in [0, 0.1) is 0 Å². The molecule has 1 heterocycles. The molecule has 6 nitrogen and oxygen atoms in total. The van der Waals surface area contributed by atoms with Crippen LogP contribution in [0.5, 0.6) is 11.5 Å². The third-order valence-corrected chi connectivity index (χ3v) is 6.76. The third-order valence-electron chi connectivity index (χ3n) is 6.76. The summed E-state index contributed by atoms with van der Waals surface area (Å²) in [4.78, 5) is 0. The molecule has 6 aromatic rings. The average molecular weight is 496 g/mol. The molecule has 6 aromatic carbocycles. The van der Waals surface area contributed by atoms with Crippen molar-refractivity contribution in [3.63, 3.8) is 0 Å². The minimum atomic E-state index is 0.764. The number of ether oxygens (including phenoxy) is 1. The Morgan fingerprint density at radius 3 is 1.61 bits per heavy atom. The van der Waals surface area contributed by atoms with Gasteiger partial charge in [-0.2, -0.15) is 0 Å². The van der Waals surface area contributed by atoms with Crippen molar-refractivity contribution in [2.24, 2.45) is 0 Å². The normalized spacial score (nSPS) is 11.8. The number of hydrogen-bond acceptors (Lipinski definition) is 6. The van der Waals surface area contributed by atoms with E-state index in [0.29, 0.717) is 0 Å². The van der Waals surface area contributed by atoms with Crippen LogP contribution in [-0.2, 0) is 0 Å². The second kappa shape index (κ2) is 8.64. The van der Waals surface area contributed by atoms with Crippen LogP contribution >= 0.6 is 0 Å². The Labute approximate surface area is 219 Å². The maximum absolute atomic E-state index is 6.26. The van der Waals surface area contributed by atoms with Crippen LogP contribution in [0.4, 0.5) is 45.5 Å². The smallest absolute Gasteiger partial charge is 0.153 e. The van der Waals surface area contributed by atoms with Gasteiger partial charge in [0.25, 0.3) is 0 Å². The molecule has 0 aromatic heterocycles. The Morgan fingerprint density at radius 1 is 0.447 bits per heavy atom. The predicted octanol–water partition coefficient (Wildman–Crippen LogP) is 8.49. The van der Waals surface area contributed by atoms with Crippen molar-refractivity contribution in [2.45, 2.75) is 0 Å². The summed E-state index contributed by atoms with van der Waals surface area (Å²) in [7, 11) is 0. The van der Waals surface area contributed by atoms with E-state index in [-0.39, 0.29) is 0 Å². The first-order valence-electron chi connectivity index (χ1n) is 12.4. The summed E-state index contributed by atoms with van der Waals surface area (Å²) in [5.74, 6) is 1.54. The standard InChI is InChI=1S/C32H25N5O/c33-23-5-1-21-15-25(7-3-19(21)13-23)35-27-10-12-31-30(17-27)37-29-11-9-28(18-32(29)38-31)36-26-8-4-20-14-24(34)6-2-22(20)16-26/h1-18,35-37H,33-34H2. The molecule has 1 aliphatic rings. The maximum Gasteiger partial charge on any atom is 0.153 e. The summed E-state index contributed by atoms with van der Waals surface area (Å²) in [6.07, 6.45) is 0. The molecular weight excluding hydrogens is 470 g/mol. The Balaban J connectivity index is 1.09. The van der Waals surface area contributed by atoms with Gasteiger partial charge in [0, 0.05) is 40.2 Å². The van der Waals surface area contributed by atoms with Crippen LogP contribution < -0.4 is 32.2 Å². The lowest BCUT2D eigenvalue weighted by atomic mass is 10.1. The molecule has 0 aliphatic carbocycles. The first kappa shape index (κ1) is 21.9. The van der Waals surface area contributed by atoms with Crippen LogP contribution in [0.25, 0.3) is 21.5 Å². The van der Waals surface area contributed by atoms with Crippen molar-refractivity contribution < 1.29 is 4.74 Å². The van der Waals surface area contributed by atoms with Gasteiger partial charge in [-0.25, -0.2) is 0 Å². The van der Waals surface area contributed by atoms with Gasteiger partial charge in [-0.05, 0) is 100 Å². The number of benzene rings is 6. The highest BCUT2D eigenvalue weighted by atomic mass is 16.5. The Bertz CT molecular complexity index is 1730. The quantitative estimate of drug-likeness (QED) is 0.157. The summed E-state index contributed by atoms with van der Waals surface area (Å²) in [6, 6.07) is 36.5. The van der Waals surface area contributed by atoms with E-state index in [2.05, 4.69) is 58.4 Å². The monoisotopic (exact) mass is 495 g/mol. The molecule has 6 heteroatoms. The molecule has 0 amide bonds. The first-order chi connectivity index (χ1) is 18.6. The molecule has 1 aliphatic heterocycles. The summed E-state index contributed by atoms with van der Waals surface area (Å²) < 4.78 is 6.26. The second-order valence-corrected chi connectivity index (χ2v) is 9.54. The van der Waals surface area contributed by atoms with E-state index < -0.39 is 0 Å². The van der Waals surface area contributed by atoms with E-state index in [1.165, 1.54) is 0 Å². The number of rotatable bonds is 4. The van der Waals surface area contributed by atoms with Crippen LogP contribution in [-0.4, -0.2) is 0 Å². The van der Waals surface area contributed by atoms with Crippen molar-refractivity contribution in [3.8, 4) is 11.5 Å². The number of hydrogen-bond donors (Lipinski definition) is 5. The molecule has 0 radical (unpaired) electrons. The van der Waals surface area contributed by atoms with E-state index in [1.54, 1.807) is 0 Å². The molecule has 0 saturated heterocycles. The van der Waals surface area contributed by atoms with Gasteiger partial charge in [-0.15, -0.1) is 0 Å². The minimum Gasteiger partial charge on any atom is -0.453 e. The minimum absolute atomic E-state index is 0.764. The number of fused-ring (bicyclic) bond motifs is 4. The number of nitrogens with one attached hydrogen (secondary N) is 3. The molecular formula is C32H25N5O. The highest BCUT2D eigenvalue weighted by molar-refractivity contribution is 5.90. The van der Waals surface area contributed by atoms with E-state index in [0.717, 1.165) is 78.5 Å². The lowest BCUT2D eigenvalue weighted by molar-refractivity contribution is 0.481. The second-order valence-electron chi connectivity index (χ2n) is 9.54. The van der Waals surface area contributed by atoms with Gasteiger partial charge < -0.3 is 32.2 Å². The van der Waals surface area contributed by atoms with Crippen LogP contribution in [0.1, 0.15) is 0 Å². The van der Waals surface area contributed by atoms with Gasteiger partial charge >= 0.3 is 0 Å². The zero-order valence-corrected chi connectivity index (χ0v) is 20.5. The van der Waals surface area contributed by atoms with E-state index >= 15 is 0 Å². The summed E-state index contributed by atoms with van der Waals surface area (Å²) >= 11 is 0. The molecule has 38 heavy (non-hydrogen) atoms. The maximum atomic E-state index is 6.26. The molecule has 7 rings (SSSR count). The fraction of sp³-hybridized carbons (Fsp3) is 0. The number of nitrogens with two attached hydrogens (primary N) is 2. The SMILES string of the molecule is Nc1ccc2cc(Nc3ccc4c(c3)Nc3ccc(Nc5ccc6cc(N)ccc6c5)cc3O4)ccc2c1. The zero-order chi connectivity index (χ0) is 25.6. The number of nitrogen functional groups attached to an aromatic ring is 2. The molecule has 7 N–H and O–H groups in total. The largest absolute Gasteiger partial charge is 0.453 e. The van der Waals surface area contributed by atoms with Gasteiger partial charge in [-0.3, -0.25) is 0 Å². The summed E-state index contributed by atoms with van der Waals surface area (Å²) in [5, 5.41) is 15.0. The highest BCUT2D eigenvalue weighted by Gasteiger charge is 2.17. The van der Waals surface area contributed by atoms with Gasteiger partial charge in [0.05, 0.1) is 11.4 Å². The van der Waals surface area contributed by atoms with Crippen molar-refractivity contribution >= 4 is 67.0 Å². The number of anilines is 8. The van der Waals surface area contributed by atoms with Crippen molar-refractivity contribution in [3.05, 3.63) is 109 Å². The Kier molecular flexibility index (Phi) is 4.97. The van der Waals surface area contributed by atoms with Gasteiger partial charge in [-0.1, -0.05) is 24.3 Å². The zero-order valence-electron chi connectivity index (χ0n) is 20.5. The van der Waals surface area contributed by atoms with E-state index in [4.69, 9.17) is 16.2 Å². The molecule has 0 bridgehead atoms. The molecule has 0 unspecified atom stereocenters. The van der Waals surface area contributed by atoms with Crippen LogP contribution in [0.2, 0.25) is 0 Å². The van der Waals surface area contributed by atoms with E-state index in [1.807, 2.05) is 66.7 Å². The van der Waals surface area contributed by atoms with Crippen LogP contribution in [0.3, 0.4) is 0 Å². The summed E-state index contributed by atoms with van der Waals surface area (Å²) in [6.45, 7) is 0. The van der Waals surface area contributed by atoms with Crippen molar-refractivity contribution in [1.29, 1.82) is 0 Å².